The molecular formula is C29H40N6O5. The second kappa shape index (κ2) is 11.7. The quantitative estimate of drug-likeness (QED) is 0.524. The molecule has 216 valence electrons. The third kappa shape index (κ3) is 5.81. The lowest BCUT2D eigenvalue weighted by Gasteiger charge is -2.39. The Labute approximate surface area is 235 Å². The standard InChI is InChI=1S/C29H40N6O5/c36-26-4-3-25(27(37)31-26)35-19-21-17-22(1-2-24(21)28(35)38)33-15-13-32(14-16-33)18-20-7-11-34(12-8-20)29(39)40-23-5-9-30-10-6-23/h1-2,17,20,23,25,30H,3-16,18-19H2,(H,31,36,37). The van der Waals surface area contributed by atoms with Crippen LogP contribution in [-0.4, -0.2) is 110 Å². The first-order valence-corrected chi connectivity index (χ1v) is 14.9. The summed E-state index contributed by atoms with van der Waals surface area (Å²) in [5, 5.41) is 5.67. The Morgan fingerprint density at radius 3 is 2.40 bits per heavy atom. The highest BCUT2D eigenvalue weighted by molar-refractivity contribution is 6.05. The summed E-state index contributed by atoms with van der Waals surface area (Å²) in [5.74, 6) is -0.188. The van der Waals surface area contributed by atoms with Crippen LogP contribution in [0.5, 0.6) is 0 Å². The van der Waals surface area contributed by atoms with Crippen molar-refractivity contribution in [1.29, 1.82) is 0 Å². The van der Waals surface area contributed by atoms with Crippen molar-refractivity contribution in [3.8, 4) is 0 Å². The molecule has 1 aromatic carbocycles. The lowest BCUT2D eigenvalue weighted by molar-refractivity contribution is -0.136. The predicted molar refractivity (Wildman–Crippen MR) is 148 cm³/mol. The molecule has 0 aliphatic carbocycles. The van der Waals surface area contributed by atoms with Gasteiger partial charge in [0.1, 0.15) is 12.1 Å². The number of anilines is 1. The lowest BCUT2D eigenvalue weighted by atomic mass is 9.96. The molecule has 5 aliphatic rings. The van der Waals surface area contributed by atoms with E-state index >= 15 is 0 Å². The molecule has 6 rings (SSSR count). The van der Waals surface area contributed by atoms with Gasteiger partial charge in [-0.25, -0.2) is 4.79 Å². The maximum Gasteiger partial charge on any atom is 0.410 e. The van der Waals surface area contributed by atoms with Crippen LogP contribution in [0.15, 0.2) is 18.2 Å². The lowest BCUT2D eigenvalue weighted by Crippen LogP contribution is -2.52. The molecule has 5 aliphatic heterocycles. The van der Waals surface area contributed by atoms with Crippen LogP contribution in [0.25, 0.3) is 0 Å². The van der Waals surface area contributed by atoms with Crippen molar-refractivity contribution >= 4 is 29.5 Å². The van der Waals surface area contributed by atoms with E-state index < -0.39 is 6.04 Å². The van der Waals surface area contributed by atoms with Crippen LogP contribution in [-0.2, 0) is 20.9 Å². The molecule has 11 heteroatoms. The second-order valence-electron chi connectivity index (χ2n) is 11.8. The average molecular weight is 553 g/mol. The van der Waals surface area contributed by atoms with Gasteiger partial charge in [0, 0.05) is 70.0 Å². The Kier molecular flexibility index (Phi) is 7.93. The van der Waals surface area contributed by atoms with Crippen molar-refractivity contribution in [2.45, 2.75) is 57.2 Å². The molecule has 0 radical (unpaired) electrons. The second-order valence-corrected chi connectivity index (χ2v) is 11.8. The monoisotopic (exact) mass is 552 g/mol. The van der Waals surface area contributed by atoms with Gasteiger partial charge in [0.2, 0.25) is 11.8 Å². The van der Waals surface area contributed by atoms with Crippen LogP contribution in [0.3, 0.4) is 0 Å². The Hall–Kier alpha value is -3.18. The highest BCUT2D eigenvalue weighted by atomic mass is 16.6. The number of hydrogen-bond donors (Lipinski definition) is 2. The zero-order valence-electron chi connectivity index (χ0n) is 23.1. The van der Waals surface area contributed by atoms with Gasteiger partial charge in [-0.2, -0.15) is 0 Å². The van der Waals surface area contributed by atoms with Gasteiger partial charge >= 0.3 is 6.09 Å². The fourth-order valence-electron chi connectivity index (χ4n) is 6.74. The summed E-state index contributed by atoms with van der Waals surface area (Å²) in [6, 6.07) is 5.40. The maximum absolute atomic E-state index is 13.0. The first kappa shape index (κ1) is 27.0. The van der Waals surface area contributed by atoms with Crippen LogP contribution >= 0.6 is 0 Å². The molecule has 0 aromatic heterocycles. The van der Waals surface area contributed by atoms with Crippen molar-refractivity contribution in [1.82, 2.24) is 25.3 Å². The largest absolute Gasteiger partial charge is 0.446 e. The van der Waals surface area contributed by atoms with Crippen LogP contribution in [0, 0.1) is 5.92 Å². The van der Waals surface area contributed by atoms with E-state index in [1.54, 1.807) is 4.90 Å². The van der Waals surface area contributed by atoms with Crippen LogP contribution in [0.2, 0.25) is 0 Å². The number of likely N-dealkylation sites (tertiary alicyclic amines) is 1. The Morgan fingerprint density at radius 2 is 1.68 bits per heavy atom. The Morgan fingerprint density at radius 1 is 0.925 bits per heavy atom. The summed E-state index contributed by atoms with van der Waals surface area (Å²) in [6.07, 6.45) is 4.39. The van der Waals surface area contributed by atoms with Crippen molar-refractivity contribution in [2.75, 3.05) is 63.8 Å². The number of piperidine rings is 3. The van der Waals surface area contributed by atoms with Gasteiger partial charge in [-0.1, -0.05) is 0 Å². The summed E-state index contributed by atoms with van der Waals surface area (Å²) in [7, 11) is 0. The molecule has 5 heterocycles. The molecule has 0 saturated carbocycles. The van der Waals surface area contributed by atoms with Gasteiger partial charge in [-0.3, -0.25) is 24.6 Å². The van der Waals surface area contributed by atoms with Gasteiger partial charge in [0.15, 0.2) is 0 Å². The molecule has 4 saturated heterocycles. The number of fused-ring (bicyclic) bond motifs is 1. The van der Waals surface area contributed by atoms with E-state index in [9.17, 15) is 19.2 Å². The predicted octanol–water partition coefficient (Wildman–Crippen LogP) is 1.17. The molecule has 1 atom stereocenters. The van der Waals surface area contributed by atoms with Gasteiger partial charge < -0.3 is 24.8 Å². The summed E-state index contributed by atoms with van der Waals surface area (Å²) < 4.78 is 5.73. The number of benzene rings is 1. The first-order chi connectivity index (χ1) is 19.4. The minimum Gasteiger partial charge on any atom is -0.446 e. The summed E-state index contributed by atoms with van der Waals surface area (Å²) in [5.41, 5.74) is 2.70. The molecular weight excluding hydrogens is 512 g/mol. The van der Waals surface area contributed by atoms with Crippen LogP contribution < -0.4 is 15.5 Å². The van der Waals surface area contributed by atoms with Gasteiger partial charge in [-0.15, -0.1) is 0 Å². The van der Waals surface area contributed by atoms with Crippen molar-refractivity contribution < 1.29 is 23.9 Å². The van der Waals surface area contributed by atoms with Gasteiger partial charge in [-0.05, 0) is 74.9 Å². The normalized spacial score (nSPS) is 25.2. The minimum absolute atomic E-state index is 0.0539. The van der Waals surface area contributed by atoms with E-state index in [-0.39, 0.29) is 36.3 Å². The molecule has 0 spiro atoms. The molecule has 2 N–H and O–H groups in total. The zero-order valence-corrected chi connectivity index (χ0v) is 23.1. The smallest absolute Gasteiger partial charge is 0.410 e. The maximum atomic E-state index is 13.0. The number of ether oxygens (including phenoxy) is 1. The number of carbonyl (C=O) groups excluding carboxylic acids is 4. The molecule has 40 heavy (non-hydrogen) atoms. The minimum atomic E-state index is -0.587. The highest BCUT2D eigenvalue weighted by Crippen LogP contribution is 2.31. The SMILES string of the molecule is O=C1CCC(N2Cc3cc(N4CCN(CC5CCN(C(=O)OC6CCNCC6)CC5)CC4)ccc3C2=O)C(=O)N1. The van der Waals surface area contributed by atoms with Crippen molar-refractivity contribution in [3.05, 3.63) is 29.3 Å². The van der Waals surface area contributed by atoms with E-state index in [2.05, 4.69) is 26.5 Å². The zero-order chi connectivity index (χ0) is 27.6. The van der Waals surface area contributed by atoms with Gasteiger partial charge in [0.25, 0.3) is 5.91 Å². The summed E-state index contributed by atoms with van der Waals surface area (Å²) in [4.78, 5) is 57.8. The molecule has 1 aromatic rings. The number of hydrogen-bond acceptors (Lipinski definition) is 8. The van der Waals surface area contributed by atoms with Gasteiger partial charge in [0.05, 0.1) is 0 Å². The topological polar surface area (TPSA) is 115 Å². The Bertz CT molecular complexity index is 1140. The highest BCUT2D eigenvalue weighted by Gasteiger charge is 2.39. The Balaban J connectivity index is 0.956. The fourth-order valence-corrected chi connectivity index (χ4v) is 6.74. The number of nitrogens with zero attached hydrogens (tertiary/aromatic N) is 4. The number of piperazine rings is 1. The van der Waals surface area contributed by atoms with E-state index in [1.165, 1.54) is 0 Å². The third-order valence-corrected chi connectivity index (χ3v) is 9.19. The molecule has 1 unspecified atom stereocenters. The van der Waals surface area contributed by atoms with Crippen LogP contribution in [0.1, 0.15) is 54.4 Å². The molecule has 4 fully saturated rings. The molecule has 0 bridgehead atoms. The molecule has 4 amide bonds. The van der Waals surface area contributed by atoms with E-state index in [1.807, 2.05) is 17.0 Å². The van der Waals surface area contributed by atoms with Crippen molar-refractivity contribution in [3.63, 3.8) is 0 Å². The molecule has 11 nitrogen and oxygen atoms in total. The first-order valence-electron chi connectivity index (χ1n) is 14.9. The fraction of sp³-hybridized carbons (Fsp3) is 0.655. The number of imide groups is 1. The van der Waals surface area contributed by atoms with E-state index in [0.717, 1.165) is 95.8 Å². The third-order valence-electron chi connectivity index (χ3n) is 9.19. The number of amides is 4. The van der Waals surface area contributed by atoms with E-state index in [0.29, 0.717) is 24.4 Å². The summed E-state index contributed by atoms with van der Waals surface area (Å²) >= 11 is 0. The summed E-state index contributed by atoms with van der Waals surface area (Å²) in [6.45, 7) is 8.66. The average Bonchev–Trinajstić information content (AvgIpc) is 3.29. The van der Waals surface area contributed by atoms with E-state index in [4.69, 9.17) is 4.74 Å². The number of rotatable bonds is 5. The number of carbonyl (C=O) groups is 4. The van der Waals surface area contributed by atoms with Crippen molar-refractivity contribution in [2.24, 2.45) is 5.92 Å². The van der Waals surface area contributed by atoms with Crippen LogP contribution in [0.4, 0.5) is 10.5 Å². The number of nitrogens with one attached hydrogen (secondary N) is 2.